The summed E-state index contributed by atoms with van der Waals surface area (Å²) in [7, 11) is 0. The molecular weight excluding hydrogens is 225 g/mol. The van der Waals surface area contributed by atoms with Gasteiger partial charge >= 0.3 is 35.5 Å². The Morgan fingerprint density at radius 3 is 2.88 bits per heavy atom. The normalized spacial score (nSPS) is 17.6. The van der Waals surface area contributed by atoms with E-state index >= 15 is 0 Å². The van der Waals surface area contributed by atoms with E-state index < -0.39 is 5.97 Å². The van der Waals surface area contributed by atoms with E-state index in [1.165, 1.54) is 5.56 Å². The van der Waals surface area contributed by atoms with E-state index in [1.54, 1.807) is 0 Å². The van der Waals surface area contributed by atoms with Gasteiger partial charge in [-0.15, -0.1) is 0 Å². The first-order valence-electron chi connectivity index (χ1n) is 5.73. The number of carboxylic acid groups (broad SMARTS) is 1. The predicted molar refractivity (Wildman–Crippen MR) is 65.2 cm³/mol. The molecule has 3 nitrogen and oxygen atoms in total. The number of carbonyl (C=O) groups is 1. The van der Waals surface area contributed by atoms with Gasteiger partial charge in [0.05, 0.1) is 5.92 Å². The molecule has 1 aromatic rings. The first kappa shape index (κ1) is 14.6. The molecule has 1 unspecified atom stereocenters. The number of aliphatic carboxylic acids is 1. The molecule has 88 valence electrons. The number of aryl methyl sites for hydroxylation is 2. The van der Waals surface area contributed by atoms with Gasteiger partial charge in [-0.1, -0.05) is 19.1 Å². The molecule has 4 heteroatoms. The van der Waals surface area contributed by atoms with Crippen LogP contribution in [0.1, 0.15) is 37.4 Å². The third-order valence-electron chi connectivity index (χ3n) is 3.24. The average molecular weight is 243 g/mol. The molecule has 0 bridgehead atoms. The summed E-state index contributed by atoms with van der Waals surface area (Å²) >= 11 is 0. The van der Waals surface area contributed by atoms with E-state index in [9.17, 15) is 9.90 Å². The molecule has 0 radical (unpaired) electrons. The molecule has 17 heavy (non-hydrogen) atoms. The third-order valence-corrected chi connectivity index (χ3v) is 3.24. The maximum Gasteiger partial charge on any atom is 1.00 e. The van der Waals surface area contributed by atoms with E-state index in [-0.39, 0.29) is 36.9 Å². The third kappa shape index (κ3) is 2.84. The van der Waals surface area contributed by atoms with Crippen LogP contribution in [-0.2, 0) is 11.2 Å². The molecule has 1 aliphatic heterocycles. The molecule has 1 atom stereocenters. The monoisotopic (exact) mass is 243 g/mol. The first-order valence-corrected chi connectivity index (χ1v) is 5.73. The molecule has 1 heterocycles. The molecule has 0 amide bonds. The summed E-state index contributed by atoms with van der Waals surface area (Å²) < 4.78 is 0. The number of nitrogens with one attached hydrogen (secondary N) is 1. The fourth-order valence-electron chi connectivity index (χ4n) is 2.37. The van der Waals surface area contributed by atoms with Gasteiger partial charge in [-0.25, -0.2) is 0 Å². The van der Waals surface area contributed by atoms with Crippen LogP contribution in [0.5, 0.6) is 0 Å². The number of benzene rings is 1. The van der Waals surface area contributed by atoms with Crippen LogP contribution in [0.3, 0.4) is 0 Å². The van der Waals surface area contributed by atoms with Crippen LogP contribution < -0.4 is 34.9 Å². The Labute approximate surface area is 125 Å². The molecule has 0 saturated heterocycles. The Morgan fingerprint density at radius 1 is 1.59 bits per heavy atom. The second-order valence-electron chi connectivity index (χ2n) is 4.34. The second-order valence-corrected chi connectivity index (χ2v) is 4.34. The van der Waals surface area contributed by atoms with Crippen molar-refractivity contribution in [2.24, 2.45) is 0 Å². The predicted octanol–water partition coefficient (Wildman–Crippen LogP) is -0.342. The fourth-order valence-corrected chi connectivity index (χ4v) is 2.37. The minimum atomic E-state index is -0.713. The van der Waals surface area contributed by atoms with Crippen molar-refractivity contribution in [2.75, 3.05) is 11.9 Å². The van der Waals surface area contributed by atoms with Crippen LogP contribution in [0.4, 0.5) is 5.69 Å². The maximum absolute atomic E-state index is 11.2. The van der Waals surface area contributed by atoms with Crippen LogP contribution in [0, 0.1) is 6.92 Å². The van der Waals surface area contributed by atoms with Gasteiger partial charge in [-0.05, 0) is 36.5 Å². The minimum absolute atomic E-state index is 0. The van der Waals surface area contributed by atoms with Crippen molar-refractivity contribution < 1.29 is 40.9 Å². The molecule has 1 aromatic carbocycles. The van der Waals surface area contributed by atoms with Crippen molar-refractivity contribution in [2.45, 2.75) is 32.6 Å². The standard InChI is InChI=1S/C13H17NO2.Na.H/c1-3-9-6-8(2)12-11(7-9)10(13(15)16)4-5-14-12;;/h6-7,10,14H,3-5H2,1-2H3,(H,15,16);;/q;+1;-1. The molecule has 1 aliphatic rings. The molecule has 0 spiro atoms. The van der Waals surface area contributed by atoms with Crippen molar-refractivity contribution >= 4 is 11.7 Å². The molecule has 0 fully saturated rings. The van der Waals surface area contributed by atoms with Crippen molar-refractivity contribution in [3.05, 3.63) is 28.8 Å². The molecular formula is C13H18NNaO2. The summed E-state index contributed by atoms with van der Waals surface area (Å²) in [5.41, 5.74) is 4.35. The summed E-state index contributed by atoms with van der Waals surface area (Å²) in [4.78, 5) is 11.2. The van der Waals surface area contributed by atoms with Gasteiger partial charge in [0.2, 0.25) is 0 Å². The minimum Gasteiger partial charge on any atom is -1.00 e. The van der Waals surface area contributed by atoms with Crippen molar-refractivity contribution in [3.8, 4) is 0 Å². The SMILES string of the molecule is CCc1cc(C)c2c(c1)C(C(=O)O)CCN2.[H-].[Na+]. The topological polar surface area (TPSA) is 49.3 Å². The summed E-state index contributed by atoms with van der Waals surface area (Å²) in [6.45, 7) is 4.87. The number of rotatable bonds is 2. The van der Waals surface area contributed by atoms with Gasteiger partial charge in [-0.2, -0.15) is 0 Å². The van der Waals surface area contributed by atoms with Crippen molar-refractivity contribution in [1.82, 2.24) is 0 Å². The van der Waals surface area contributed by atoms with Crippen LogP contribution in [-0.4, -0.2) is 17.6 Å². The first-order chi connectivity index (χ1) is 7.63. The molecule has 0 saturated carbocycles. The average Bonchev–Trinajstić information content (AvgIpc) is 2.28. The summed E-state index contributed by atoms with van der Waals surface area (Å²) in [6.07, 6.45) is 1.62. The Morgan fingerprint density at radius 2 is 2.29 bits per heavy atom. The number of hydrogen-bond donors (Lipinski definition) is 2. The Kier molecular flexibility index (Phi) is 5.04. The summed E-state index contributed by atoms with van der Waals surface area (Å²) in [5, 5.41) is 12.5. The van der Waals surface area contributed by atoms with Crippen LogP contribution in [0.2, 0.25) is 0 Å². The number of fused-ring (bicyclic) bond motifs is 1. The molecule has 2 rings (SSSR count). The van der Waals surface area contributed by atoms with Crippen LogP contribution in [0.15, 0.2) is 12.1 Å². The summed E-state index contributed by atoms with van der Waals surface area (Å²) in [5.74, 6) is -1.06. The number of anilines is 1. The van der Waals surface area contributed by atoms with Gasteiger partial charge < -0.3 is 11.8 Å². The van der Waals surface area contributed by atoms with E-state index in [4.69, 9.17) is 0 Å². The van der Waals surface area contributed by atoms with Crippen LogP contribution >= 0.6 is 0 Å². The van der Waals surface area contributed by atoms with Gasteiger partial charge in [0.25, 0.3) is 0 Å². The van der Waals surface area contributed by atoms with Gasteiger partial charge in [0.1, 0.15) is 0 Å². The van der Waals surface area contributed by atoms with Crippen molar-refractivity contribution in [1.29, 1.82) is 0 Å². The maximum atomic E-state index is 11.2. The largest absolute Gasteiger partial charge is 1.00 e. The Balaban J connectivity index is 0.00000144. The zero-order valence-electron chi connectivity index (χ0n) is 11.7. The second kappa shape index (κ2) is 5.89. The van der Waals surface area contributed by atoms with E-state index in [0.29, 0.717) is 6.42 Å². The Hall–Kier alpha value is -0.510. The Bertz CT molecular complexity index is 437. The fraction of sp³-hybridized carbons (Fsp3) is 0.462. The van der Waals surface area contributed by atoms with Crippen LogP contribution in [0.25, 0.3) is 0 Å². The van der Waals surface area contributed by atoms with Gasteiger partial charge in [0, 0.05) is 12.2 Å². The van der Waals surface area contributed by atoms with Crippen molar-refractivity contribution in [3.63, 3.8) is 0 Å². The quantitative estimate of drug-likeness (QED) is 0.699. The van der Waals surface area contributed by atoms with E-state index in [1.807, 2.05) is 13.0 Å². The molecule has 2 N–H and O–H groups in total. The molecule has 0 aliphatic carbocycles. The van der Waals surface area contributed by atoms with Gasteiger partial charge in [-0.3, -0.25) is 4.79 Å². The molecule has 0 aromatic heterocycles. The smallest absolute Gasteiger partial charge is 1.00 e. The number of hydrogen-bond acceptors (Lipinski definition) is 2. The number of carboxylic acids is 1. The van der Waals surface area contributed by atoms with Gasteiger partial charge in [0.15, 0.2) is 0 Å². The van der Waals surface area contributed by atoms with E-state index in [0.717, 1.165) is 29.8 Å². The van der Waals surface area contributed by atoms with E-state index in [2.05, 4.69) is 18.3 Å². The summed E-state index contributed by atoms with van der Waals surface area (Å²) in [6, 6.07) is 4.17. The zero-order valence-corrected chi connectivity index (χ0v) is 12.7. The zero-order chi connectivity index (χ0) is 11.7.